The number of thiophene rings is 1. The number of nitrogens with one attached hydrogen (secondary N) is 1. The Hall–Kier alpha value is -1.91. The molecule has 1 N–H and O–H groups in total. The van der Waals surface area contributed by atoms with Crippen molar-refractivity contribution < 1.29 is 4.79 Å². The quantitative estimate of drug-likeness (QED) is 0.906. The van der Waals surface area contributed by atoms with E-state index in [1.165, 1.54) is 11.3 Å². The van der Waals surface area contributed by atoms with Crippen molar-refractivity contribution in [2.45, 2.75) is 6.42 Å². The Morgan fingerprint density at radius 1 is 1.38 bits per heavy atom. The van der Waals surface area contributed by atoms with Gasteiger partial charge in [-0.1, -0.05) is 35.9 Å². The smallest absolute Gasteiger partial charge is 0.263 e. The van der Waals surface area contributed by atoms with E-state index in [-0.39, 0.29) is 5.91 Å². The minimum absolute atomic E-state index is 0.132. The van der Waals surface area contributed by atoms with Crippen LogP contribution in [-0.4, -0.2) is 18.7 Å². The number of carbonyl (C=O) groups is 1. The predicted octanol–water partition coefficient (Wildman–Crippen LogP) is 4.20. The summed E-state index contributed by atoms with van der Waals surface area (Å²) >= 11 is 7.72. The Bertz CT molecular complexity index is 774. The number of benzene rings is 1. The van der Waals surface area contributed by atoms with E-state index in [2.05, 4.69) is 10.3 Å². The van der Waals surface area contributed by atoms with Crippen LogP contribution in [0.15, 0.2) is 53.2 Å². The highest BCUT2D eigenvalue weighted by atomic mass is 35.5. The Labute approximate surface area is 131 Å². The average molecular weight is 317 g/mol. The lowest BCUT2D eigenvalue weighted by atomic mass is 10.2. The molecule has 0 saturated heterocycles. The normalized spacial score (nSPS) is 14.0. The monoisotopic (exact) mass is 316 g/mol. The fraction of sp³-hybridized carbons (Fsp3) is 0.125. The van der Waals surface area contributed by atoms with Crippen LogP contribution in [0.1, 0.15) is 16.1 Å². The van der Waals surface area contributed by atoms with Crippen LogP contribution in [0.5, 0.6) is 0 Å². The zero-order valence-electron chi connectivity index (χ0n) is 11.2. The van der Waals surface area contributed by atoms with Crippen molar-refractivity contribution in [1.82, 2.24) is 5.32 Å². The third-order valence-electron chi connectivity index (χ3n) is 3.18. The number of fused-ring (bicyclic) bond motifs is 1. The summed E-state index contributed by atoms with van der Waals surface area (Å²) < 4.78 is 1.02. The van der Waals surface area contributed by atoms with Crippen LogP contribution in [-0.2, 0) is 0 Å². The first-order valence-electron chi connectivity index (χ1n) is 6.57. The minimum Gasteiger partial charge on any atom is -0.348 e. The van der Waals surface area contributed by atoms with Crippen LogP contribution >= 0.6 is 22.9 Å². The fourth-order valence-electron chi connectivity index (χ4n) is 2.09. The maximum Gasteiger partial charge on any atom is 0.263 e. The number of amides is 1. The molecule has 2 aromatic rings. The standard InChI is InChI=1S/C16H13ClN2OS/c17-14-12-5-1-2-6-13(12)21-15(14)16(20)19-10-11-4-3-8-18-9-7-11/h1-6,8-9H,7,10H2,(H,19,20). The molecule has 3 nitrogen and oxygen atoms in total. The van der Waals surface area contributed by atoms with E-state index in [1.54, 1.807) is 6.20 Å². The van der Waals surface area contributed by atoms with Gasteiger partial charge >= 0.3 is 0 Å². The molecular formula is C16H13ClN2OS. The van der Waals surface area contributed by atoms with Crippen molar-refractivity contribution in [1.29, 1.82) is 0 Å². The lowest BCUT2D eigenvalue weighted by Gasteiger charge is -2.05. The molecule has 1 aromatic carbocycles. The molecule has 0 fully saturated rings. The van der Waals surface area contributed by atoms with E-state index in [1.807, 2.05) is 42.6 Å². The first-order valence-corrected chi connectivity index (χ1v) is 7.76. The molecule has 1 amide bonds. The van der Waals surface area contributed by atoms with Gasteiger partial charge in [0.25, 0.3) is 5.91 Å². The largest absolute Gasteiger partial charge is 0.348 e. The number of hydrogen-bond donors (Lipinski definition) is 1. The zero-order chi connectivity index (χ0) is 14.7. The second kappa shape index (κ2) is 6.24. The Kier molecular flexibility index (Phi) is 4.18. The van der Waals surface area contributed by atoms with Gasteiger partial charge in [-0.15, -0.1) is 11.3 Å². The van der Waals surface area contributed by atoms with E-state index in [4.69, 9.17) is 11.6 Å². The Balaban J connectivity index is 1.75. The van der Waals surface area contributed by atoms with Crippen LogP contribution in [0.4, 0.5) is 0 Å². The number of carbonyl (C=O) groups excluding carboxylic acids is 1. The molecular weight excluding hydrogens is 304 g/mol. The molecule has 2 heterocycles. The molecule has 106 valence electrons. The Morgan fingerprint density at radius 3 is 3.10 bits per heavy atom. The zero-order valence-corrected chi connectivity index (χ0v) is 12.7. The summed E-state index contributed by atoms with van der Waals surface area (Å²) in [6.45, 7) is 0.500. The molecule has 0 bridgehead atoms. The highest BCUT2D eigenvalue weighted by molar-refractivity contribution is 7.21. The molecule has 0 unspecified atom stereocenters. The van der Waals surface area contributed by atoms with Gasteiger partial charge < -0.3 is 5.32 Å². The third-order valence-corrected chi connectivity index (χ3v) is 4.85. The summed E-state index contributed by atoms with van der Waals surface area (Å²) in [4.78, 5) is 16.9. The van der Waals surface area contributed by atoms with Gasteiger partial charge in [0.1, 0.15) is 4.88 Å². The van der Waals surface area contributed by atoms with Gasteiger partial charge in [-0.25, -0.2) is 0 Å². The summed E-state index contributed by atoms with van der Waals surface area (Å²) in [5.74, 6) is -0.132. The maximum atomic E-state index is 12.3. The van der Waals surface area contributed by atoms with Gasteiger partial charge in [0, 0.05) is 35.5 Å². The molecule has 0 saturated carbocycles. The summed E-state index contributed by atoms with van der Waals surface area (Å²) in [6, 6.07) is 7.77. The highest BCUT2D eigenvalue weighted by Crippen LogP contribution is 2.34. The molecule has 1 aliphatic heterocycles. The minimum atomic E-state index is -0.132. The number of halogens is 1. The fourth-order valence-corrected chi connectivity index (χ4v) is 3.53. The molecule has 3 rings (SSSR count). The number of hydrogen-bond acceptors (Lipinski definition) is 3. The van der Waals surface area contributed by atoms with E-state index in [0.717, 1.165) is 22.1 Å². The molecule has 0 radical (unpaired) electrons. The van der Waals surface area contributed by atoms with Crippen LogP contribution in [0.25, 0.3) is 10.1 Å². The lowest BCUT2D eigenvalue weighted by molar-refractivity contribution is 0.0961. The lowest BCUT2D eigenvalue weighted by Crippen LogP contribution is -2.25. The van der Waals surface area contributed by atoms with Gasteiger partial charge in [-0.2, -0.15) is 0 Å². The van der Waals surface area contributed by atoms with Gasteiger partial charge in [0.05, 0.1) is 5.02 Å². The Morgan fingerprint density at radius 2 is 2.24 bits per heavy atom. The molecule has 21 heavy (non-hydrogen) atoms. The predicted molar refractivity (Wildman–Crippen MR) is 89.5 cm³/mol. The van der Waals surface area contributed by atoms with Crippen LogP contribution in [0.3, 0.4) is 0 Å². The average Bonchev–Trinajstić information content (AvgIpc) is 2.68. The van der Waals surface area contributed by atoms with Gasteiger partial charge in [-0.05, 0) is 17.7 Å². The molecule has 1 aliphatic rings. The maximum absolute atomic E-state index is 12.3. The number of rotatable bonds is 3. The van der Waals surface area contributed by atoms with Crippen LogP contribution < -0.4 is 5.32 Å². The van der Waals surface area contributed by atoms with Crippen LogP contribution in [0, 0.1) is 0 Å². The van der Waals surface area contributed by atoms with Crippen molar-refractivity contribution in [3.8, 4) is 0 Å². The van der Waals surface area contributed by atoms with E-state index in [9.17, 15) is 4.79 Å². The number of allylic oxidation sites excluding steroid dienone is 2. The summed E-state index contributed by atoms with van der Waals surface area (Å²) in [5.41, 5.74) is 1.11. The van der Waals surface area contributed by atoms with Gasteiger partial charge in [0.15, 0.2) is 0 Å². The van der Waals surface area contributed by atoms with Crippen molar-refractivity contribution in [2.75, 3.05) is 6.54 Å². The first-order chi connectivity index (χ1) is 10.3. The van der Waals surface area contributed by atoms with E-state index >= 15 is 0 Å². The summed E-state index contributed by atoms with van der Waals surface area (Å²) in [7, 11) is 0. The van der Waals surface area contributed by atoms with Gasteiger partial charge in [-0.3, -0.25) is 9.79 Å². The molecule has 0 atom stereocenters. The molecule has 0 spiro atoms. The van der Waals surface area contributed by atoms with E-state index in [0.29, 0.717) is 16.4 Å². The third kappa shape index (κ3) is 3.06. The van der Waals surface area contributed by atoms with E-state index < -0.39 is 0 Å². The van der Waals surface area contributed by atoms with Crippen LogP contribution in [0.2, 0.25) is 5.02 Å². The topological polar surface area (TPSA) is 41.5 Å². The second-order valence-electron chi connectivity index (χ2n) is 4.63. The second-order valence-corrected chi connectivity index (χ2v) is 6.06. The molecule has 0 aliphatic carbocycles. The summed E-state index contributed by atoms with van der Waals surface area (Å²) in [5, 5.41) is 4.38. The number of nitrogens with zero attached hydrogens (tertiary/aromatic N) is 1. The SMILES string of the molecule is O=C(NCC1=CC=CN=CC1)c1sc2ccccc2c1Cl. The van der Waals surface area contributed by atoms with Crippen molar-refractivity contribution in [3.63, 3.8) is 0 Å². The summed E-state index contributed by atoms with van der Waals surface area (Å²) in [6.07, 6.45) is 8.15. The molecule has 1 aromatic heterocycles. The molecule has 5 heteroatoms. The van der Waals surface area contributed by atoms with Crippen molar-refractivity contribution in [2.24, 2.45) is 4.99 Å². The first kappa shape index (κ1) is 14.0. The van der Waals surface area contributed by atoms with Crippen molar-refractivity contribution >= 4 is 45.1 Å². The van der Waals surface area contributed by atoms with Gasteiger partial charge in [0.2, 0.25) is 0 Å². The number of aliphatic imine (C=N–C) groups is 1. The highest BCUT2D eigenvalue weighted by Gasteiger charge is 2.16. The van der Waals surface area contributed by atoms with Crippen molar-refractivity contribution in [3.05, 3.63) is 58.1 Å².